The van der Waals surface area contributed by atoms with Crippen LogP contribution in [0.5, 0.6) is 0 Å². The molecular weight excluding hydrogens is 298 g/mol. The summed E-state index contributed by atoms with van der Waals surface area (Å²) in [4.78, 5) is 21.0. The smallest absolute Gasteiger partial charge is 0.275 e. The average molecular weight is 315 g/mol. The van der Waals surface area contributed by atoms with E-state index in [-0.39, 0.29) is 5.91 Å². The summed E-state index contributed by atoms with van der Waals surface area (Å²) in [5, 5.41) is 5.62. The third kappa shape index (κ3) is 2.50. The predicted octanol–water partition coefficient (Wildman–Crippen LogP) is 1.28. The topological polar surface area (TPSA) is 62.2 Å². The van der Waals surface area contributed by atoms with Gasteiger partial charge in [-0.15, -0.1) is 5.10 Å². The molecule has 2 aromatic heterocycles. The van der Waals surface area contributed by atoms with E-state index in [9.17, 15) is 4.79 Å². The van der Waals surface area contributed by atoms with E-state index in [0.717, 1.165) is 32.6 Å². The molecule has 0 spiro atoms. The molecule has 0 bridgehead atoms. The van der Waals surface area contributed by atoms with E-state index in [1.807, 2.05) is 17.2 Å². The zero-order valence-electron chi connectivity index (χ0n) is 12.1. The molecule has 2 aliphatic heterocycles. The Hall–Kier alpha value is -1.86. The maximum atomic E-state index is 12.4. The van der Waals surface area contributed by atoms with Gasteiger partial charge in [0, 0.05) is 43.4 Å². The van der Waals surface area contributed by atoms with Crippen molar-refractivity contribution in [1.29, 1.82) is 0 Å². The van der Waals surface area contributed by atoms with Crippen LogP contribution in [0.25, 0.3) is 0 Å². The third-order valence-electron chi connectivity index (χ3n) is 4.64. The van der Waals surface area contributed by atoms with Crippen molar-refractivity contribution in [2.75, 3.05) is 19.6 Å². The van der Waals surface area contributed by atoms with E-state index in [0.29, 0.717) is 17.7 Å². The summed E-state index contributed by atoms with van der Waals surface area (Å²) in [6.45, 7) is 3.64. The highest BCUT2D eigenvalue weighted by Crippen LogP contribution is 2.33. The lowest BCUT2D eigenvalue weighted by atomic mass is 10.1. The Morgan fingerprint density at radius 3 is 3.14 bits per heavy atom. The summed E-state index contributed by atoms with van der Waals surface area (Å²) < 4.78 is 3.78. The summed E-state index contributed by atoms with van der Waals surface area (Å²) in [5.74, 6) is 0.594. The predicted molar refractivity (Wildman–Crippen MR) is 82.4 cm³/mol. The van der Waals surface area contributed by atoms with Crippen molar-refractivity contribution < 1.29 is 4.79 Å². The molecule has 114 valence electrons. The quantitative estimate of drug-likeness (QED) is 0.854. The van der Waals surface area contributed by atoms with E-state index in [4.69, 9.17) is 0 Å². The minimum absolute atomic E-state index is 0.0180. The zero-order valence-corrected chi connectivity index (χ0v) is 12.9. The summed E-state index contributed by atoms with van der Waals surface area (Å²) in [5.41, 5.74) is 1.71. The second kappa shape index (κ2) is 5.73. The Kier molecular flexibility index (Phi) is 3.59. The van der Waals surface area contributed by atoms with Gasteiger partial charge in [0.2, 0.25) is 0 Å². The number of likely N-dealkylation sites (tertiary alicyclic amines) is 2. The Labute approximate surface area is 132 Å². The number of fused-ring (bicyclic) bond motifs is 1. The molecule has 2 aromatic rings. The van der Waals surface area contributed by atoms with E-state index in [1.54, 1.807) is 11.6 Å². The molecule has 6 nitrogen and oxygen atoms in total. The normalized spacial score (nSPS) is 24.6. The first-order chi connectivity index (χ1) is 10.8. The third-order valence-corrected chi connectivity index (χ3v) is 5.14. The highest BCUT2D eigenvalue weighted by atomic mass is 32.1. The van der Waals surface area contributed by atoms with Crippen molar-refractivity contribution in [2.45, 2.75) is 19.0 Å². The van der Waals surface area contributed by atoms with Crippen LogP contribution in [0.2, 0.25) is 0 Å². The van der Waals surface area contributed by atoms with Crippen LogP contribution in [0.15, 0.2) is 29.9 Å². The van der Waals surface area contributed by atoms with Gasteiger partial charge in [-0.3, -0.25) is 14.7 Å². The standard InChI is InChI=1S/C15H17N5OS/c21-15(13-10-22-18-17-13)20-8-12-3-5-19(14(12)9-20)7-11-2-1-4-16-6-11/h1-2,4,6,10,12,14H,3,5,7-9H2/t12-,14+/m0/s1. The van der Waals surface area contributed by atoms with Gasteiger partial charge in [-0.05, 0) is 42.0 Å². The lowest BCUT2D eigenvalue weighted by molar-refractivity contribution is 0.0764. The molecule has 4 rings (SSSR count). The highest BCUT2D eigenvalue weighted by Gasteiger charge is 2.43. The van der Waals surface area contributed by atoms with Crippen molar-refractivity contribution in [1.82, 2.24) is 24.4 Å². The van der Waals surface area contributed by atoms with Crippen LogP contribution in [-0.2, 0) is 6.54 Å². The molecule has 2 saturated heterocycles. The van der Waals surface area contributed by atoms with Crippen LogP contribution >= 0.6 is 11.5 Å². The number of nitrogens with zero attached hydrogens (tertiary/aromatic N) is 5. The number of rotatable bonds is 3. The summed E-state index contributed by atoms with van der Waals surface area (Å²) >= 11 is 1.22. The van der Waals surface area contributed by atoms with Crippen LogP contribution in [0.1, 0.15) is 22.5 Å². The molecule has 2 atom stereocenters. The van der Waals surface area contributed by atoms with Gasteiger partial charge in [-0.1, -0.05) is 10.6 Å². The minimum Gasteiger partial charge on any atom is -0.335 e. The highest BCUT2D eigenvalue weighted by molar-refractivity contribution is 7.03. The van der Waals surface area contributed by atoms with Crippen LogP contribution in [0.4, 0.5) is 0 Å². The van der Waals surface area contributed by atoms with Crippen molar-refractivity contribution >= 4 is 17.4 Å². The van der Waals surface area contributed by atoms with Gasteiger partial charge in [-0.25, -0.2) is 0 Å². The van der Waals surface area contributed by atoms with Crippen molar-refractivity contribution in [2.24, 2.45) is 5.92 Å². The second-order valence-electron chi connectivity index (χ2n) is 5.95. The average Bonchev–Trinajstić information content (AvgIpc) is 3.26. The molecule has 2 aliphatic rings. The summed E-state index contributed by atoms with van der Waals surface area (Å²) in [6, 6.07) is 4.54. The molecule has 0 aromatic carbocycles. The SMILES string of the molecule is O=C(c1csnn1)N1C[C@@H]2CCN(Cc3cccnc3)[C@@H]2C1. The number of hydrogen-bond donors (Lipinski definition) is 0. The number of carbonyl (C=O) groups is 1. The van der Waals surface area contributed by atoms with Gasteiger partial charge in [0.1, 0.15) is 0 Å². The van der Waals surface area contributed by atoms with E-state index >= 15 is 0 Å². The molecule has 0 aliphatic carbocycles. The number of amides is 1. The summed E-state index contributed by atoms with van der Waals surface area (Å²) in [6.07, 6.45) is 4.88. The maximum Gasteiger partial charge on any atom is 0.275 e. The van der Waals surface area contributed by atoms with Gasteiger partial charge < -0.3 is 4.90 Å². The number of hydrogen-bond acceptors (Lipinski definition) is 6. The van der Waals surface area contributed by atoms with E-state index in [2.05, 4.69) is 25.5 Å². The molecule has 4 heterocycles. The first-order valence-electron chi connectivity index (χ1n) is 7.50. The number of pyridine rings is 1. The van der Waals surface area contributed by atoms with Gasteiger partial charge in [0.05, 0.1) is 0 Å². The lowest BCUT2D eigenvalue weighted by Crippen LogP contribution is -2.36. The fraction of sp³-hybridized carbons (Fsp3) is 0.467. The fourth-order valence-corrected chi connectivity index (χ4v) is 3.99. The van der Waals surface area contributed by atoms with Crippen molar-refractivity contribution in [3.05, 3.63) is 41.2 Å². The Balaban J connectivity index is 1.44. The zero-order chi connectivity index (χ0) is 14.9. The maximum absolute atomic E-state index is 12.4. The van der Waals surface area contributed by atoms with Gasteiger partial charge >= 0.3 is 0 Å². The minimum atomic E-state index is 0.0180. The van der Waals surface area contributed by atoms with Crippen molar-refractivity contribution in [3.63, 3.8) is 0 Å². The van der Waals surface area contributed by atoms with E-state index in [1.165, 1.54) is 17.1 Å². The molecule has 0 saturated carbocycles. The first kappa shape index (κ1) is 13.8. The molecule has 2 fully saturated rings. The second-order valence-corrected chi connectivity index (χ2v) is 6.56. The molecule has 0 N–H and O–H groups in total. The van der Waals surface area contributed by atoms with Crippen LogP contribution in [-0.4, -0.2) is 56.0 Å². The Morgan fingerprint density at radius 1 is 1.41 bits per heavy atom. The molecule has 22 heavy (non-hydrogen) atoms. The molecule has 1 amide bonds. The number of carbonyl (C=O) groups excluding carboxylic acids is 1. The first-order valence-corrected chi connectivity index (χ1v) is 8.34. The molecule has 0 unspecified atom stereocenters. The molecule has 7 heteroatoms. The van der Waals surface area contributed by atoms with Gasteiger partial charge in [-0.2, -0.15) is 0 Å². The molecular formula is C15H17N5OS. The molecule has 0 radical (unpaired) electrons. The Bertz CT molecular complexity index is 647. The largest absolute Gasteiger partial charge is 0.335 e. The van der Waals surface area contributed by atoms with E-state index < -0.39 is 0 Å². The lowest BCUT2D eigenvalue weighted by Gasteiger charge is -2.24. The van der Waals surface area contributed by atoms with Crippen LogP contribution in [0, 0.1) is 5.92 Å². The van der Waals surface area contributed by atoms with Gasteiger partial charge in [0.25, 0.3) is 5.91 Å². The summed E-state index contributed by atoms with van der Waals surface area (Å²) in [7, 11) is 0. The van der Waals surface area contributed by atoms with Crippen LogP contribution in [0.3, 0.4) is 0 Å². The van der Waals surface area contributed by atoms with Gasteiger partial charge in [0.15, 0.2) is 5.69 Å². The number of aromatic nitrogens is 3. The fourth-order valence-electron chi connectivity index (χ4n) is 3.56. The Morgan fingerprint density at radius 2 is 2.36 bits per heavy atom. The monoisotopic (exact) mass is 315 g/mol. The van der Waals surface area contributed by atoms with Crippen molar-refractivity contribution in [3.8, 4) is 0 Å². The van der Waals surface area contributed by atoms with Crippen LogP contribution < -0.4 is 0 Å².